The number of hydrogen-bond donors (Lipinski definition) is 2. The minimum Gasteiger partial charge on any atom is -0.308 e. The van der Waals surface area contributed by atoms with E-state index < -0.39 is 0 Å². The van der Waals surface area contributed by atoms with Crippen LogP contribution < -0.4 is 5.32 Å². The van der Waals surface area contributed by atoms with E-state index in [9.17, 15) is 0 Å². The van der Waals surface area contributed by atoms with Crippen LogP contribution in [0, 0.1) is 0 Å². The second-order valence-electron chi connectivity index (χ2n) is 3.17. The van der Waals surface area contributed by atoms with Gasteiger partial charge in [0.25, 0.3) is 0 Å². The van der Waals surface area contributed by atoms with E-state index in [0.717, 1.165) is 18.8 Å². The molecule has 0 fully saturated rings. The summed E-state index contributed by atoms with van der Waals surface area (Å²) in [5.41, 5.74) is 1.44. The summed E-state index contributed by atoms with van der Waals surface area (Å²) in [7, 11) is 0. The van der Waals surface area contributed by atoms with Crippen molar-refractivity contribution in [2.45, 2.75) is 6.42 Å². The monoisotopic (exact) mass is 223 g/mol. The van der Waals surface area contributed by atoms with Crippen molar-refractivity contribution in [1.29, 1.82) is 0 Å². The maximum absolute atomic E-state index is 4.12. The lowest BCUT2D eigenvalue weighted by molar-refractivity contribution is 0.780. The summed E-state index contributed by atoms with van der Waals surface area (Å²) >= 11 is 5.94. The summed E-state index contributed by atoms with van der Waals surface area (Å²) in [5.74, 6) is 0.752. The SMILES string of the molecule is SCNCCc1csc2ccccc12. The van der Waals surface area contributed by atoms with Crippen LogP contribution in [0.15, 0.2) is 29.6 Å². The third kappa shape index (κ3) is 2.11. The molecule has 0 unspecified atom stereocenters. The van der Waals surface area contributed by atoms with Gasteiger partial charge < -0.3 is 5.32 Å². The van der Waals surface area contributed by atoms with E-state index in [1.165, 1.54) is 15.6 Å². The van der Waals surface area contributed by atoms with Gasteiger partial charge in [-0.2, -0.15) is 12.6 Å². The molecule has 3 heteroatoms. The van der Waals surface area contributed by atoms with E-state index in [-0.39, 0.29) is 0 Å². The van der Waals surface area contributed by atoms with E-state index >= 15 is 0 Å². The van der Waals surface area contributed by atoms with Crippen LogP contribution in [0.4, 0.5) is 0 Å². The molecule has 0 saturated carbocycles. The van der Waals surface area contributed by atoms with Crippen LogP contribution in [0.5, 0.6) is 0 Å². The van der Waals surface area contributed by atoms with Gasteiger partial charge in [-0.3, -0.25) is 0 Å². The van der Waals surface area contributed by atoms with Crippen LogP contribution in [0.3, 0.4) is 0 Å². The summed E-state index contributed by atoms with van der Waals surface area (Å²) in [6.45, 7) is 1.00. The molecular formula is C11H13NS2. The Morgan fingerprint density at radius 1 is 1.29 bits per heavy atom. The van der Waals surface area contributed by atoms with Gasteiger partial charge in [-0.1, -0.05) is 18.2 Å². The number of hydrogen-bond acceptors (Lipinski definition) is 3. The van der Waals surface area contributed by atoms with Crippen LogP contribution in [0.25, 0.3) is 10.1 Å². The van der Waals surface area contributed by atoms with Gasteiger partial charge >= 0.3 is 0 Å². The first kappa shape index (κ1) is 10.0. The minimum absolute atomic E-state index is 0.752. The Morgan fingerprint density at radius 2 is 2.14 bits per heavy atom. The lowest BCUT2D eigenvalue weighted by Crippen LogP contribution is -2.14. The maximum atomic E-state index is 4.12. The molecule has 0 spiro atoms. The zero-order chi connectivity index (χ0) is 9.80. The first-order chi connectivity index (χ1) is 6.92. The molecule has 2 aromatic rings. The zero-order valence-corrected chi connectivity index (χ0v) is 9.57. The molecule has 0 aliphatic carbocycles. The number of fused-ring (bicyclic) bond motifs is 1. The highest BCUT2D eigenvalue weighted by atomic mass is 32.1. The van der Waals surface area contributed by atoms with Crippen LogP contribution in [-0.2, 0) is 6.42 Å². The molecule has 0 atom stereocenters. The fourth-order valence-corrected chi connectivity index (χ4v) is 2.68. The number of thiol groups is 1. The molecule has 1 aromatic carbocycles. The largest absolute Gasteiger partial charge is 0.308 e. The average molecular weight is 223 g/mol. The van der Waals surface area contributed by atoms with Gasteiger partial charge in [0.05, 0.1) is 0 Å². The molecular weight excluding hydrogens is 210 g/mol. The molecule has 74 valence electrons. The molecule has 2 rings (SSSR count). The van der Waals surface area contributed by atoms with Gasteiger partial charge in [-0.15, -0.1) is 11.3 Å². The van der Waals surface area contributed by atoms with Crippen molar-refractivity contribution in [2.75, 3.05) is 12.4 Å². The number of benzene rings is 1. The van der Waals surface area contributed by atoms with E-state index in [2.05, 4.69) is 47.6 Å². The molecule has 0 radical (unpaired) electrons. The average Bonchev–Trinajstić information content (AvgIpc) is 2.63. The van der Waals surface area contributed by atoms with Crippen LogP contribution >= 0.6 is 24.0 Å². The van der Waals surface area contributed by atoms with E-state index in [1.54, 1.807) is 0 Å². The lowest BCUT2D eigenvalue weighted by atomic mass is 10.1. The van der Waals surface area contributed by atoms with Crippen LogP contribution in [0.2, 0.25) is 0 Å². The third-order valence-electron chi connectivity index (χ3n) is 2.24. The lowest BCUT2D eigenvalue weighted by Gasteiger charge is -1.99. The number of thiophene rings is 1. The highest BCUT2D eigenvalue weighted by molar-refractivity contribution is 7.80. The molecule has 0 aliphatic heterocycles. The summed E-state index contributed by atoms with van der Waals surface area (Å²) < 4.78 is 1.38. The van der Waals surface area contributed by atoms with Crippen molar-refractivity contribution in [3.8, 4) is 0 Å². The molecule has 1 aromatic heterocycles. The predicted octanol–water partition coefficient (Wildman–Crippen LogP) is 2.92. The normalized spacial score (nSPS) is 10.9. The first-order valence-corrected chi connectivity index (χ1v) is 6.19. The molecule has 0 saturated heterocycles. The zero-order valence-electron chi connectivity index (χ0n) is 7.86. The molecule has 0 bridgehead atoms. The molecule has 1 nitrogen and oxygen atoms in total. The molecule has 1 N–H and O–H groups in total. The summed E-state index contributed by atoms with van der Waals surface area (Å²) in [4.78, 5) is 0. The molecule has 0 amide bonds. The van der Waals surface area contributed by atoms with Crippen molar-refractivity contribution in [3.05, 3.63) is 35.2 Å². The number of nitrogens with one attached hydrogen (secondary N) is 1. The van der Waals surface area contributed by atoms with Gasteiger partial charge in [-0.25, -0.2) is 0 Å². The van der Waals surface area contributed by atoms with Crippen molar-refractivity contribution < 1.29 is 0 Å². The minimum atomic E-state index is 0.752. The van der Waals surface area contributed by atoms with Gasteiger partial charge in [0.15, 0.2) is 0 Å². The Labute approximate surface area is 93.6 Å². The maximum Gasteiger partial charge on any atom is 0.0387 e. The Morgan fingerprint density at radius 3 is 3.00 bits per heavy atom. The van der Waals surface area contributed by atoms with E-state index in [4.69, 9.17) is 0 Å². The Balaban J connectivity index is 2.17. The van der Waals surface area contributed by atoms with Gasteiger partial charge in [0.1, 0.15) is 0 Å². The van der Waals surface area contributed by atoms with Gasteiger partial charge in [0.2, 0.25) is 0 Å². The molecule has 1 heterocycles. The van der Waals surface area contributed by atoms with Gasteiger partial charge in [-0.05, 0) is 35.4 Å². The summed E-state index contributed by atoms with van der Waals surface area (Å²) in [5, 5.41) is 6.88. The van der Waals surface area contributed by atoms with E-state index in [0.29, 0.717) is 0 Å². The summed E-state index contributed by atoms with van der Waals surface area (Å²) in [6, 6.07) is 8.57. The first-order valence-electron chi connectivity index (χ1n) is 4.68. The quantitative estimate of drug-likeness (QED) is 0.461. The van der Waals surface area contributed by atoms with Crippen LogP contribution in [-0.4, -0.2) is 12.4 Å². The highest BCUT2D eigenvalue weighted by Gasteiger charge is 2.01. The summed E-state index contributed by atoms with van der Waals surface area (Å²) in [6.07, 6.45) is 1.09. The fraction of sp³-hybridized carbons (Fsp3) is 0.273. The highest BCUT2D eigenvalue weighted by Crippen LogP contribution is 2.25. The second-order valence-corrected chi connectivity index (χ2v) is 4.39. The van der Waals surface area contributed by atoms with Crippen molar-refractivity contribution in [3.63, 3.8) is 0 Å². The fourth-order valence-electron chi connectivity index (χ4n) is 1.53. The molecule has 14 heavy (non-hydrogen) atoms. The Bertz CT molecular complexity index is 408. The molecule has 0 aliphatic rings. The van der Waals surface area contributed by atoms with Crippen molar-refractivity contribution in [2.24, 2.45) is 0 Å². The topological polar surface area (TPSA) is 12.0 Å². The van der Waals surface area contributed by atoms with E-state index in [1.807, 2.05) is 11.3 Å². The smallest absolute Gasteiger partial charge is 0.0387 e. The van der Waals surface area contributed by atoms with Crippen molar-refractivity contribution in [1.82, 2.24) is 5.32 Å². The standard InChI is InChI=1S/C11H13NS2/c13-8-12-6-5-9-7-14-11-4-2-1-3-10(9)11/h1-4,7,12-13H,5-6,8H2. The van der Waals surface area contributed by atoms with Crippen molar-refractivity contribution >= 4 is 34.1 Å². The number of rotatable bonds is 4. The third-order valence-corrected chi connectivity index (χ3v) is 3.48. The van der Waals surface area contributed by atoms with Crippen LogP contribution in [0.1, 0.15) is 5.56 Å². The Hall–Kier alpha value is -0.510. The Kier molecular flexibility index (Phi) is 3.45. The predicted molar refractivity (Wildman–Crippen MR) is 67.4 cm³/mol. The van der Waals surface area contributed by atoms with Gasteiger partial charge in [0, 0.05) is 10.6 Å². The second kappa shape index (κ2) is 4.82.